The fourth-order valence-corrected chi connectivity index (χ4v) is 3.44. The van der Waals surface area contributed by atoms with Gasteiger partial charge in [-0.05, 0) is 57.0 Å². The van der Waals surface area contributed by atoms with Crippen molar-refractivity contribution in [2.45, 2.75) is 38.1 Å². The second kappa shape index (κ2) is 7.13. The molecule has 2 aliphatic heterocycles. The Morgan fingerprint density at radius 1 is 1.13 bits per heavy atom. The van der Waals surface area contributed by atoms with Crippen molar-refractivity contribution in [2.75, 3.05) is 31.6 Å². The summed E-state index contributed by atoms with van der Waals surface area (Å²) < 4.78 is 0. The summed E-state index contributed by atoms with van der Waals surface area (Å²) >= 11 is 0. The molecule has 124 valence electrons. The molecular formula is C18H25N3O2. The number of nitrogens with zero attached hydrogens (tertiary/aromatic N) is 2. The number of likely N-dealkylation sites (N-methyl/N-ethyl adjacent to an activating group) is 1. The van der Waals surface area contributed by atoms with Crippen LogP contribution in [0, 0.1) is 0 Å². The molecular weight excluding hydrogens is 290 g/mol. The van der Waals surface area contributed by atoms with Crippen molar-refractivity contribution in [3.05, 3.63) is 29.8 Å². The van der Waals surface area contributed by atoms with E-state index in [4.69, 9.17) is 0 Å². The highest BCUT2D eigenvalue weighted by molar-refractivity contribution is 5.97. The number of amides is 2. The Hall–Kier alpha value is -1.88. The third kappa shape index (κ3) is 3.55. The van der Waals surface area contributed by atoms with Gasteiger partial charge in [0.1, 0.15) is 0 Å². The van der Waals surface area contributed by atoms with Crippen molar-refractivity contribution >= 4 is 17.5 Å². The van der Waals surface area contributed by atoms with Gasteiger partial charge < -0.3 is 15.1 Å². The second-order valence-electron chi connectivity index (χ2n) is 6.43. The molecule has 0 bridgehead atoms. The third-order valence-corrected chi connectivity index (χ3v) is 4.87. The van der Waals surface area contributed by atoms with E-state index in [1.54, 1.807) is 0 Å². The highest BCUT2D eigenvalue weighted by Gasteiger charge is 2.24. The van der Waals surface area contributed by atoms with Crippen LogP contribution < -0.4 is 10.2 Å². The van der Waals surface area contributed by atoms with Crippen molar-refractivity contribution in [1.29, 1.82) is 0 Å². The maximum Gasteiger partial charge on any atom is 0.253 e. The molecule has 2 aliphatic rings. The molecule has 2 amide bonds. The molecule has 1 aromatic rings. The number of nitrogens with one attached hydrogen (secondary N) is 1. The van der Waals surface area contributed by atoms with E-state index >= 15 is 0 Å². The first-order valence-electron chi connectivity index (χ1n) is 8.56. The molecule has 5 heteroatoms. The maximum atomic E-state index is 12.6. The van der Waals surface area contributed by atoms with E-state index < -0.39 is 0 Å². The molecule has 3 rings (SSSR count). The highest BCUT2D eigenvalue weighted by Crippen LogP contribution is 2.22. The Morgan fingerprint density at radius 2 is 1.91 bits per heavy atom. The lowest BCUT2D eigenvalue weighted by Gasteiger charge is -2.32. The molecule has 1 atom stereocenters. The van der Waals surface area contributed by atoms with Gasteiger partial charge in [-0.1, -0.05) is 0 Å². The Balaban J connectivity index is 1.69. The van der Waals surface area contributed by atoms with E-state index in [-0.39, 0.29) is 11.8 Å². The molecule has 0 saturated carbocycles. The fourth-order valence-electron chi connectivity index (χ4n) is 3.44. The van der Waals surface area contributed by atoms with Gasteiger partial charge in [-0.25, -0.2) is 0 Å². The Labute approximate surface area is 137 Å². The summed E-state index contributed by atoms with van der Waals surface area (Å²) in [5, 5.41) is 3.26. The smallest absolute Gasteiger partial charge is 0.253 e. The summed E-state index contributed by atoms with van der Waals surface area (Å²) in [5.41, 5.74) is 1.60. The maximum absolute atomic E-state index is 12.6. The number of rotatable bonds is 3. The molecule has 5 nitrogen and oxygen atoms in total. The standard InChI is InChI=1S/C18H25N3O2/c1-19-15-5-4-11-20(13-15)18(23)14-7-9-16(10-8-14)21-12-3-2-6-17(21)22/h7-10,15,19H,2-6,11-13H2,1H3/t15-/m1/s1. The normalized spacial score (nSPS) is 22.3. The average Bonchev–Trinajstić information content (AvgIpc) is 2.62. The summed E-state index contributed by atoms with van der Waals surface area (Å²) in [6, 6.07) is 7.88. The van der Waals surface area contributed by atoms with Crippen LogP contribution in [0.1, 0.15) is 42.5 Å². The van der Waals surface area contributed by atoms with Gasteiger partial charge >= 0.3 is 0 Å². The minimum absolute atomic E-state index is 0.0847. The Morgan fingerprint density at radius 3 is 2.61 bits per heavy atom. The number of hydrogen-bond donors (Lipinski definition) is 1. The topological polar surface area (TPSA) is 52.7 Å². The van der Waals surface area contributed by atoms with Crippen molar-refractivity contribution < 1.29 is 9.59 Å². The molecule has 0 aromatic heterocycles. The van der Waals surface area contributed by atoms with Crippen LogP contribution in [0.15, 0.2) is 24.3 Å². The molecule has 2 heterocycles. The van der Waals surface area contributed by atoms with Crippen molar-refractivity contribution in [1.82, 2.24) is 10.2 Å². The lowest BCUT2D eigenvalue weighted by atomic mass is 10.0. The fraction of sp³-hybridized carbons (Fsp3) is 0.556. The molecule has 23 heavy (non-hydrogen) atoms. The molecule has 0 radical (unpaired) electrons. The summed E-state index contributed by atoms with van der Waals surface area (Å²) in [5.74, 6) is 0.268. The Kier molecular flexibility index (Phi) is 4.96. The van der Waals surface area contributed by atoms with Crippen molar-refractivity contribution in [3.63, 3.8) is 0 Å². The first-order chi connectivity index (χ1) is 11.2. The first kappa shape index (κ1) is 16.0. The van der Waals surface area contributed by atoms with Crippen LogP contribution in [-0.2, 0) is 4.79 Å². The molecule has 0 spiro atoms. The van der Waals surface area contributed by atoms with Crippen LogP contribution in [-0.4, -0.2) is 49.4 Å². The zero-order valence-corrected chi connectivity index (χ0v) is 13.8. The minimum atomic E-state index is 0.0847. The molecule has 0 aliphatic carbocycles. The lowest BCUT2D eigenvalue weighted by Crippen LogP contribution is -2.46. The van der Waals surface area contributed by atoms with Crippen LogP contribution in [0.25, 0.3) is 0 Å². The lowest BCUT2D eigenvalue weighted by molar-refractivity contribution is -0.119. The van der Waals surface area contributed by atoms with Gasteiger partial charge in [0.25, 0.3) is 5.91 Å². The predicted octanol–water partition coefficient (Wildman–Crippen LogP) is 2.03. The van der Waals surface area contributed by atoms with E-state index in [1.807, 2.05) is 41.1 Å². The monoisotopic (exact) mass is 315 g/mol. The summed E-state index contributed by atoms with van der Waals surface area (Å²) in [7, 11) is 1.95. The van der Waals surface area contributed by atoms with Gasteiger partial charge in [0.2, 0.25) is 5.91 Å². The van der Waals surface area contributed by atoms with E-state index in [1.165, 1.54) is 0 Å². The van der Waals surface area contributed by atoms with Gasteiger partial charge in [-0.3, -0.25) is 9.59 Å². The summed E-state index contributed by atoms with van der Waals surface area (Å²) in [6.45, 7) is 2.37. The van der Waals surface area contributed by atoms with Gasteiger partial charge in [-0.15, -0.1) is 0 Å². The molecule has 1 N–H and O–H groups in total. The van der Waals surface area contributed by atoms with Crippen LogP contribution in [0.3, 0.4) is 0 Å². The molecule has 1 aromatic carbocycles. The van der Waals surface area contributed by atoms with E-state index in [9.17, 15) is 9.59 Å². The average molecular weight is 315 g/mol. The summed E-state index contributed by atoms with van der Waals surface area (Å²) in [4.78, 5) is 28.4. The van der Waals surface area contributed by atoms with Crippen molar-refractivity contribution in [3.8, 4) is 0 Å². The van der Waals surface area contributed by atoms with Gasteiger partial charge in [0.05, 0.1) is 0 Å². The zero-order chi connectivity index (χ0) is 16.2. The molecule has 0 unspecified atom stereocenters. The van der Waals surface area contributed by atoms with Crippen LogP contribution >= 0.6 is 0 Å². The van der Waals surface area contributed by atoms with Gasteiger partial charge in [0.15, 0.2) is 0 Å². The summed E-state index contributed by atoms with van der Waals surface area (Å²) in [6.07, 6.45) is 4.81. The number of piperidine rings is 2. The van der Waals surface area contributed by atoms with E-state index in [0.717, 1.165) is 51.0 Å². The zero-order valence-electron chi connectivity index (χ0n) is 13.8. The SMILES string of the molecule is CN[C@@H]1CCCN(C(=O)c2ccc(N3CCCCC3=O)cc2)C1. The number of carbonyl (C=O) groups excluding carboxylic acids is 2. The molecule has 2 saturated heterocycles. The number of likely N-dealkylation sites (tertiary alicyclic amines) is 1. The van der Waals surface area contributed by atoms with Gasteiger partial charge in [0, 0.05) is 43.3 Å². The van der Waals surface area contributed by atoms with Gasteiger partial charge in [-0.2, -0.15) is 0 Å². The number of hydrogen-bond acceptors (Lipinski definition) is 3. The second-order valence-corrected chi connectivity index (χ2v) is 6.43. The van der Waals surface area contributed by atoms with Crippen LogP contribution in [0.4, 0.5) is 5.69 Å². The minimum Gasteiger partial charge on any atom is -0.337 e. The van der Waals surface area contributed by atoms with E-state index in [0.29, 0.717) is 18.0 Å². The van der Waals surface area contributed by atoms with Crippen LogP contribution in [0.5, 0.6) is 0 Å². The highest BCUT2D eigenvalue weighted by atomic mass is 16.2. The molecule has 2 fully saturated rings. The number of carbonyl (C=O) groups is 2. The number of benzene rings is 1. The van der Waals surface area contributed by atoms with E-state index in [2.05, 4.69) is 5.32 Å². The van der Waals surface area contributed by atoms with Crippen LogP contribution in [0.2, 0.25) is 0 Å². The predicted molar refractivity (Wildman–Crippen MR) is 90.6 cm³/mol. The number of anilines is 1. The quantitative estimate of drug-likeness (QED) is 0.928. The first-order valence-corrected chi connectivity index (χ1v) is 8.56. The third-order valence-electron chi connectivity index (χ3n) is 4.87. The van der Waals surface area contributed by atoms with Crippen molar-refractivity contribution in [2.24, 2.45) is 0 Å². The largest absolute Gasteiger partial charge is 0.337 e. The Bertz CT molecular complexity index is 570.